The molecule has 4 nitrogen and oxygen atoms in total. The van der Waals surface area contributed by atoms with E-state index >= 15 is 0 Å². The van der Waals surface area contributed by atoms with E-state index in [1.54, 1.807) is 25.3 Å². The number of rotatable bonds is 1. The quantitative estimate of drug-likeness (QED) is 0.682. The minimum Gasteiger partial charge on any atom is -0.504 e. The fraction of sp³-hybridized carbons (Fsp3) is 0.200. The third-order valence-electron chi connectivity index (χ3n) is 2.22. The van der Waals surface area contributed by atoms with Gasteiger partial charge in [-0.25, -0.2) is 0 Å². The lowest BCUT2D eigenvalue weighted by molar-refractivity contribution is -0.125. The van der Waals surface area contributed by atoms with Crippen molar-refractivity contribution in [3.8, 4) is 0 Å². The van der Waals surface area contributed by atoms with Gasteiger partial charge in [-0.15, -0.1) is 0 Å². The summed E-state index contributed by atoms with van der Waals surface area (Å²) in [5.74, 6) is -0.961. The van der Waals surface area contributed by atoms with Gasteiger partial charge in [-0.3, -0.25) is 9.78 Å². The number of hydrogen-bond donors (Lipinski definition) is 2. The smallest absolute Gasteiger partial charge is 0.230 e. The van der Waals surface area contributed by atoms with Crippen molar-refractivity contribution in [2.24, 2.45) is 0 Å². The van der Waals surface area contributed by atoms with Crippen molar-refractivity contribution < 1.29 is 15.0 Å². The highest BCUT2D eigenvalue weighted by Crippen LogP contribution is 2.31. The SMILES string of the molecule is Cc1cc(C2=C(O)C(=O)C2O)ccn1. The topological polar surface area (TPSA) is 70.4 Å². The van der Waals surface area contributed by atoms with Gasteiger partial charge in [-0.05, 0) is 24.6 Å². The van der Waals surface area contributed by atoms with Gasteiger partial charge in [0.2, 0.25) is 5.78 Å². The Labute approximate surface area is 80.5 Å². The molecule has 2 N–H and O–H groups in total. The number of aliphatic hydroxyl groups is 2. The van der Waals surface area contributed by atoms with Crippen LogP contribution in [0.15, 0.2) is 24.1 Å². The van der Waals surface area contributed by atoms with Crippen LogP contribution in [0.25, 0.3) is 5.57 Å². The molecule has 0 spiro atoms. The number of aromatic nitrogens is 1. The summed E-state index contributed by atoms with van der Waals surface area (Å²) in [6, 6.07) is 3.36. The maximum absolute atomic E-state index is 10.9. The zero-order valence-corrected chi connectivity index (χ0v) is 7.56. The number of carbonyl (C=O) groups excluding carboxylic acids is 1. The van der Waals surface area contributed by atoms with E-state index < -0.39 is 11.9 Å². The monoisotopic (exact) mass is 191 g/mol. The van der Waals surface area contributed by atoms with Gasteiger partial charge in [0.05, 0.1) is 0 Å². The van der Waals surface area contributed by atoms with E-state index in [-0.39, 0.29) is 5.76 Å². The van der Waals surface area contributed by atoms with Crippen molar-refractivity contribution in [2.75, 3.05) is 0 Å². The summed E-state index contributed by atoms with van der Waals surface area (Å²) in [4.78, 5) is 14.8. The Morgan fingerprint density at radius 1 is 1.50 bits per heavy atom. The molecule has 0 aromatic carbocycles. The third kappa shape index (κ3) is 1.12. The lowest BCUT2D eigenvalue weighted by atomic mass is 9.86. The summed E-state index contributed by atoms with van der Waals surface area (Å²) in [6.45, 7) is 1.80. The Hall–Kier alpha value is -1.68. The predicted octanol–water partition coefficient (Wildman–Crippen LogP) is 0.603. The molecule has 0 fully saturated rings. The molecule has 2 rings (SSSR count). The Bertz CT molecular complexity index is 437. The summed E-state index contributed by atoms with van der Waals surface area (Å²) in [6.07, 6.45) is 0.386. The number of Topliss-reactive ketones (excluding diaryl/α,β-unsaturated/α-hetero) is 1. The zero-order valence-electron chi connectivity index (χ0n) is 7.56. The van der Waals surface area contributed by atoms with Crippen molar-refractivity contribution >= 4 is 11.4 Å². The molecule has 1 unspecified atom stereocenters. The summed E-state index contributed by atoms with van der Waals surface area (Å²) in [5, 5.41) is 18.5. The molecule has 0 saturated heterocycles. The molecule has 1 aromatic heterocycles. The lowest BCUT2D eigenvalue weighted by Crippen LogP contribution is -2.35. The van der Waals surface area contributed by atoms with E-state index in [4.69, 9.17) is 0 Å². The second kappa shape index (κ2) is 2.92. The lowest BCUT2D eigenvalue weighted by Gasteiger charge is -2.23. The normalized spacial score (nSPS) is 21.0. The van der Waals surface area contributed by atoms with E-state index in [1.807, 2.05) is 0 Å². The van der Waals surface area contributed by atoms with Crippen LogP contribution in [0, 0.1) is 6.92 Å². The number of aryl methyl sites for hydroxylation is 1. The van der Waals surface area contributed by atoms with E-state index in [0.29, 0.717) is 11.1 Å². The van der Waals surface area contributed by atoms with Gasteiger partial charge in [-0.2, -0.15) is 0 Å². The molecule has 0 aliphatic heterocycles. The van der Waals surface area contributed by atoms with Gasteiger partial charge in [0, 0.05) is 17.5 Å². The summed E-state index contributed by atoms with van der Waals surface area (Å²) < 4.78 is 0. The van der Waals surface area contributed by atoms with Crippen molar-refractivity contribution in [2.45, 2.75) is 13.0 Å². The molecular formula is C10H9NO3. The van der Waals surface area contributed by atoms with Crippen molar-refractivity contribution in [1.29, 1.82) is 0 Å². The predicted molar refractivity (Wildman–Crippen MR) is 49.5 cm³/mol. The van der Waals surface area contributed by atoms with E-state index in [0.717, 1.165) is 5.69 Å². The number of pyridine rings is 1. The van der Waals surface area contributed by atoms with Gasteiger partial charge in [0.25, 0.3) is 0 Å². The molecule has 0 saturated carbocycles. The fourth-order valence-corrected chi connectivity index (χ4v) is 1.45. The van der Waals surface area contributed by atoms with Crippen LogP contribution >= 0.6 is 0 Å². The van der Waals surface area contributed by atoms with Crippen LogP contribution in [-0.2, 0) is 4.79 Å². The van der Waals surface area contributed by atoms with Crippen LogP contribution in [0.4, 0.5) is 0 Å². The van der Waals surface area contributed by atoms with Gasteiger partial charge < -0.3 is 10.2 Å². The first-order valence-electron chi connectivity index (χ1n) is 4.19. The number of aliphatic hydroxyl groups excluding tert-OH is 2. The van der Waals surface area contributed by atoms with E-state index in [2.05, 4.69) is 4.98 Å². The second-order valence-electron chi connectivity index (χ2n) is 3.21. The van der Waals surface area contributed by atoms with Crippen molar-refractivity contribution in [3.05, 3.63) is 35.3 Å². The molecule has 1 aliphatic rings. The maximum atomic E-state index is 10.9. The standard InChI is InChI=1S/C10H9NO3/c1-5-4-6(2-3-11-5)7-8(12)10(14)9(7)13/h2-4,8,12-13H,1H3. The Morgan fingerprint density at radius 2 is 2.21 bits per heavy atom. The number of carbonyl (C=O) groups is 1. The number of ketones is 1. The first kappa shape index (κ1) is 8.90. The molecule has 1 aromatic rings. The van der Waals surface area contributed by atoms with Gasteiger partial charge >= 0.3 is 0 Å². The molecule has 1 atom stereocenters. The fourth-order valence-electron chi connectivity index (χ4n) is 1.45. The summed E-state index contributed by atoms with van der Waals surface area (Å²) in [7, 11) is 0. The Morgan fingerprint density at radius 3 is 2.79 bits per heavy atom. The summed E-state index contributed by atoms with van der Waals surface area (Å²) >= 11 is 0. The minimum atomic E-state index is -1.18. The molecule has 14 heavy (non-hydrogen) atoms. The average Bonchev–Trinajstić information content (AvgIpc) is 2.18. The van der Waals surface area contributed by atoms with Gasteiger partial charge in [0.15, 0.2) is 5.76 Å². The molecule has 4 heteroatoms. The van der Waals surface area contributed by atoms with E-state index in [9.17, 15) is 15.0 Å². The van der Waals surface area contributed by atoms with Crippen LogP contribution in [0.5, 0.6) is 0 Å². The van der Waals surface area contributed by atoms with Crippen LogP contribution in [0.3, 0.4) is 0 Å². The molecule has 0 radical (unpaired) electrons. The van der Waals surface area contributed by atoms with Crippen LogP contribution in [-0.4, -0.2) is 27.1 Å². The van der Waals surface area contributed by atoms with Crippen LogP contribution in [0.1, 0.15) is 11.3 Å². The zero-order chi connectivity index (χ0) is 10.3. The highest BCUT2D eigenvalue weighted by Gasteiger charge is 2.38. The summed E-state index contributed by atoms with van der Waals surface area (Å²) in [5.41, 5.74) is 1.71. The van der Waals surface area contributed by atoms with Crippen LogP contribution in [0.2, 0.25) is 0 Å². The molecular weight excluding hydrogens is 182 g/mol. The first-order chi connectivity index (χ1) is 6.61. The van der Waals surface area contributed by atoms with Crippen molar-refractivity contribution in [1.82, 2.24) is 4.98 Å². The van der Waals surface area contributed by atoms with Gasteiger partial charge in [0.1, 0.15) is 6.10 Å². The first-order valence-corrected chi connectivity index (χ1v) is 4.19. The Kier molecular flexibility index (Phi) is 1.86. The van der Waals surface area contributed by atoms with Crippen LogP contribution < -0.4 is 0 Å². The largest absolute Gasteiger partial charge is 0.504 e. The molecule has 1 heterocycles. The maximum Gasteiger partial charge on any atom is 0.230 e. The molecule has 0 amide bonds. The Balaban J connectivity index is 2.48. The second-order valence-corrected chi connectivity index (χ2v) is 3.21. The highest BCUT2D eigenvalue weighted by molar-refractivity contribution is 6.19. The average molecular weight is 191 g/mol. The third-order valence-corrected chi connectivity index (χ3v) is 2.22. The van der Waals surface area contributed by atoms with Crippen molar-refractivity contribution in [3.63, 3.8) is 0 Å². The molecule has 1 aliphatic carbocycles. The number of hydrogen-bond acceptors (Lipinski definition) is 4. The highest BCUT2D eigenvalue weighted by atomic mass is 16.3. The molecule has 0 bridgehead atoms. The minimum absolute atomic E-state index is 0.292. The van der Waals surface area contributed by atoms with E-state index in [1.165, 1.54) is 0 Å². The van der Waals surface area contributed by atoms with Gasteiger partial charge in [-0.1, -0.05) is 0 Å². The molecule has 72 valence electrons. The number of nitrogens with zero attached hydrogens (tertiary/aromatic N) is 1.